The first-order valence-corrected chi connectivity index (χ1v) is 9.78. The first-order valence-electron chi connectivity index (χ1n) is 9.78. The lowest BCUT2D eigenvalue weighted by atomic mass is 9.99. The molecular formula is C21H27FN4O2. The van der Waals surface area contributed by atoms with Crippen molar-refractivity contribution >= 4 is 11.9 Å². The third-order valence-electron chi connectivity index (χ3n) is 5.08. The Labute approximate surface area is 164 Å². The summed E-state index contributed by atoms with van der Waals surface area (Å²) in [5.41, 5.74) is 1.34. The zero-order chi connectivity index (χ0) is 20.1. The molecular weight excluding hydrogens is 359 g/mol. The molecule has 7 heteroatoms. The molecule has 0 saturated carbocycles. The van der Waals surface area contributed by atoms with E-state index in [9.17, 15) is 14.0 Å². The van der Waals surface area contributed by atoms with Crippen LogP contribution in [0.3, 0.4) is 0 Å². The van der Waals surface area contributed by atoms with Crippen LogP contribution in [-0.2, 0) is 11.3 Å². The Morgan fingerprint density at radius 3 is 2.68 bits per heavy atom. The van der Waals surface area contributed by atoms with E-state index >= 15 is 0 Å². The van der Waals surface area contributed by atoms with Crippen LogP contribution >= 0.6 is 0 Å². The summed E-state index contributed by atoms with van der Waals surface area (Å²) in [4.78, 5) is 28.6. The van der Waals surface area contributed by atoms with Crippen molar-refractivity contribution in [2.45, 2.75) is 32.9 Å². The minimum atomic E-state index is -0.505. The van der Waals surface area contributed by atoms with Gasteiger partial charge >= 0.3 is 6.03 Å². The van der Waals surface area contributed by atoms with Crippen LogP contribution in [0, 0.1) is 5.82 Å². The topological polar surface area (TPSA) is 57.6 Å². The smallest absolute Gasteiger partial charge is 0.317 e. The van der Waals surface area contributed by atoms with E-state index in [1.807, 2.05) is 36.7 Å². The number of urea groups is 1. The molecule has 1 aliphatic heterocycles. The van der Waals surface area contributed by atoms with E-state index in [0.29, 0.717) is 31.7 Å². The van der Waals surface area contributed by atoms with Crippen molar-refractivity contribution in [2.75, 3.05) is 26.2 Å². The van der Waals surface area contributed by atoms with Gasteiger partial charge in [0.25, 0.3) is 0 Å². The van der Waals surface area contributed by atoms with Gasteiger partial charge in [-0.15, -0.1) is 0 Å². The molecule has 0 saturated heterocycles. The number of benzene rings is 1. The van der Waals surface area contributed by atoms with Gasteiger partial charge in [-0.05, 0) is 31.5 Å². The summed E-state index contributed by atoms with van der Waals surface area (Å²) >= 11 is 0. The van der Waals surface area contributed by atoms with Gasteiger partial charge < -0.3 is 19.7 Å². The summed E-state index contributed by atoms with van der Waals surface area (Å²) in [7, 11) is 0. The summed E-state index contributed by atoms with van der Waals surface area (Å²) < 4.78 is 16.6. The predicted octanol–water partition coefficient (Wildman–Crippen LogP) is 3.00. The molecule has 28 heavy (non-hydrogen) atoms. The van der Waals surface area contributed by atoms with Crippen molar-refractivity contribution in [2.24, 2.45) is 0 Å². The lowest BCUT2D eigenvalue weighted by Gasteiger charge is -2.38. The second-order valence-electron chi connectivity index (χ2n) is 6.88. The van der Waals surface area contributed by atoms with Crippen LogP contribution in [-0.4, -0.2) is 52.5 Å². The van der Waals surface area contributed by atoms with Crippen molar-refractivity contribution in [3.63, 3.8) is 0 Å². The quantitative estimate of drug-likeness (QED) is 0.830. The highest BCUT2D eigenvalue weighted by Gasteiger charge is 2.34. The maximum Gasteiger partial charge on any atom is 0.317 e. The molecule has 0 bridgehead atoms. The fourth-order valence-electron chi connectivity index (χ4n) is 3.60. The molecule has 150 valence electrons. The van der Waals surface area contributed by atoms with Crippen LogP contribution in [0.5, 0.6) is 0 Å². The van der Waals surface area contributed by atoms with E-state index < -0.39 is 6.04 Å². The lowest BCUT2D eigenvalue weighted by molar-refractivity contribution is -0.134. The van der Waals surface area contributed by atoms with E-state index in [1.165, 1.54) is 11.0 Å². The van der Waals surface area contributed by atoms with Crippen LogP contribution in [0.2, 0.25) is 0 Å². The average molecular weight is 386 g/mol. The van der Waals surface area contributed by atoms with Gasteiger partial charge in [-0.25, -0.2) is 9.18 Å². The van der Waals surface area contributed by atoms with E-state index in [1.54, 1.807) is 23.1 Å². The number of likely N-dealkylation sites (N-methyl/N-ethyl adjacent to an activating group) is 1. The normalized spacial score (nSPS) is 15.8. The van der Waals surface area contributed by atoms with Crippen molar-refractivity contribution < 1.29 is 14.0 Å². The minimum absolute atomic E-state index is 0.0301. The maximum atomic E-state index is 14.6. The molecule has 6 nitrogen and oxygen atoms in total. The molecule has 0 aliphatic carbocycles. The molecule has 1 unspecified atom stereocenters. The molecule has 3 amide bonds. The number of nitrogens with zero attached hydrogens (tertiary/aromatic N) is 3. The van der Waals surface area contributed by atoms with Crippen molar-refractivity contribution in [1.29, 1.82) is 0 Å². The van der Waals surface area contributed by atoms with Gasteiger partial charge in [0.05, 0.1) is 0 Å². The summed E-state index contributed by atoms with van der Waals surface area (Å²) in [6.45, 7) is 5.89. The SMILES string of the molecule is CCCNC(=O)N(CC)CC(=O)N1CCn2cccc2C1c1ccccc1F. The lowest BCUT2D eigenvalue weighted by Crippen LogP contribution is -2.50. The van der Waals surface area contributed by atoms with Gasteiger partial charge in [0, 0.05) is 43.6 Å². The summed E-state index contributed by atoms with van der Waals surface area (Å²) in [5, 5.41) is 2.81. The zero-order valence-electron chi connectivity index (χ0n) is 16.4. The van der Waals surface area contributed by atoms with Crippen LogP contribution < -0.4 is 5.32 Å². The number of hydrogen-bond acceptors (Lipinski definition) is 2. The number of amides is 3. The van der Waals surface area contributed by atoms with Gasteiger partial charge in [0.15, 0.2) is 0 Å². The largest absolute Gasteiger partial charge is 0.348 e. The highest BCUT2D eigenvalue weighted by atomic mass is 19.1. The maximum absolute atomic E-state index is 14.6. The second-order valence-corrected chi connectivity index (χ2v) is 6.88. The average Bonchev–Trinajstić information content (AvgIpc) is 3.18. The molecule has 0 fully saturated rings. The number of aromatic nitrogens is 1. The molecule has 0 spiro atoms. The van der Waals surface area contributed by atoms with E-state index in [4.69, 9.17) is 0 Å². The van der Waals surface area contributed by atoms with Gasteiger partial charge in [0.1, 0.15) is 18.4 Å². The van der Waals surface area contributed by atoms with Gasteiger partial charge in [-0.3, -0.25) is 4.79 Å². The molecule has 1 aromatic carbocycles. The zero-order valence-corrected chi connectivity index (χ0v) is 16.4. The van der Waals surface area contributed by atoms with Crippen molar-refractivity contribution in [3.05, 3.63) is 59.7 Å². The Bertz CT molecular complexity index is 835. The van der Waals surface area contributed by atoms with Gasteiger partial charge in [-0.2, -0.15) is 0 Å². The van der Waals surface area contributed by atoms with Gasteiger partial charge in [-0.1, -0.05) is 25.1 Å². The molecule has 1 aromatic heterocycles. The number of nitrogens with one attached hydrogen (secondary N) is 1. The monoisotopic (exact) mass is 386 g/mol. The first-order chi connectivity index (χ1) is 13.6. The minimum Gasteiger partial charge on any atom is -0.348 e. The highest BCUT2D eigenvalue weighted by Crippen LogP contribution is 2.33. The number of hydrogen-bond donors (Lipinski definition) is 1. The Morgan fingerprint density at radius 2 is 1.96 bits per heavy atom. The van der Waals surface area contributed by atoms with E-state index in [2.05, 4.69) is 5.32 Å². The predicted molar refractivity (Wildman–Crippen MR) is 105 cm³/mol. The number of carbonyl (C=O) groups is 2. The Balaban J connectivity index is 1.86. The molecule has 2 heterocycles. The van der Waals surface area contributed by atoms with Crippen LogP contribution in [0.1, 0.15) is 37.6 Å². The fraction of sp³-hybridized carbons (Fsp3) is 0.429. The number of halogens is 1. The highest BCUT2D eigenvalue weighted by molar-refractivity contribution is 5.84. The Kier molecular flexibility index (Phi) is 6.34. The van der Waals surface area contributed by atoms with Crippen LogP contribution in [0.25, 0.3) is 0 Å². The fourth-order valence-corrected chi connectivity index (χ4v) is 3.60. The third kappa shape index (κ3) is 4.03. The standard InChI is InChI=1S/C21H27FN4O2/c1-3-11-23-21(28)24(4-2)15-19(27)26-14-13-25-12-7-10-18(25)20(26)16-8-5-6-9-17(16)22/h5-10,12,20H,3-4,11,13-15H2,1-2H3,(H,23,28). The molecule has 2 aromatic rings. The molecule has 1 N–H and O–H groups in total. The van der Waals surface area contributed by atoms with Crippen molar-refractivity contribution in [1.82, 2.24) is 19.7 Å². The molecule has 1 atom stereocenters. The summed E-state index contributed by atoms with van der Waals surface area (Å²) in [5.74, 6) is -0.526. The Morgan fingerprint density at radius 1 is 1.18 bits per heavy atom. The van der Waals surface area contributed by atoms with E-state index in [0.717, 1.165) is 12.1 Å². The van der Waals surface area contributed by atoms with Crippen molar-refractivity contribution in [3.8, 4) is 0 Å². The van der Waals surface area contributed by atoms with Crippen LogP contribution in [0.15, 0.2) is 42.6 Å². The first kappa shape index (κ1) is 19.9. The third-order valence-corrected chi connectivity index (χ3v) is 5.08. The number of rotatable bonds is 6. The summed E-state index contributed by atoms with van der Waals surface area (Å²) in [6.07, 6.45) is 2.78. The Hall–Kier alpha value is -2.83. The molecule has 0 radical (unpaired) electrons. The van der Waals surface area contributed by atoms with Crippen LogP contribution in [0.4, 0.5) is 9.18 Å². The van der Waals surface area contributed by atoms with E-state index in [-0.39, 0.29) is 24.3 Å². The van der Waals surface area contributed by atoms with Gasteiger partial charge in [0.2, 0.25) is 5.91 Å². The number of carbonyl (C=O) groups excluding carboxylic acids is 2. The number of fused-ring (bicyclic) bond motifs is 1. The second kappa shape index (κ2) is 8.91. The molecule has 3 rings (SSSR count). The summed E-state index contributed by atoms with van der Waals surface area (Å²) in [6, 6.07) is 9.62. The molecule has 1 aliphatic rings.